The maximum Gasteiger partial charge on any atom is 0.234 e. The maximum absolute atomic E-state index is 12.0. The summed E-state index contributed by atoms with van der Waals surface area (Å²) in [6, 6.07) is 10.1. The van der Waals surface area contributed by atoms with Crippen LogP contribution in [0, 0.1) is 5.92 Å². The van der Waals surface area contributed by atoms with Crippen molar-refractivity contribution in [3.8, 4) is 0 Å². The second kappa shape index (κ2) is 9.80. The van der Waals surface area contributed by atoms with E-state index in [0.717, 1.165) is 34.7 Å². The second-order valence-corrected chi connectivity index (χ2v) is 6.40. The summed E-state index contributed by atoms with van der Waals surface area (Å²) in [4.78, 5) is 18.6. The summed E-state index contributed by atoms with van der Waals surface area (Å²) < 4.78 is 0. The van der Waals surface area contributed by atoms with Gasteiger partial charge in [0.2, 0.25) is 5.91 Å². The topological polar surface area (TPSA) is 57.3 Å². The monoisotopic (exact) mass is 384 g/mol. The molecule has 0 aliphatic heterocycles. The van der Waals surface area contributed by atoms with Gasteiger partial charge in [-0.1, -0.05) is 18.2 Å². The van der Waals surface area contributed by atoms with E-state index in [9.17, 15) is 4.79 Å². The van der Waals surface area contributed by atoms with Crippen molar-refractivity contribution in [1.29, 1.82) is 0 Å². The number of hydrogen-bond donors (Lipinski definition) is 2. The fourth-order valence-electron chi connectivity index (χ4n) is 2.58. The molecule has 0 atom stereocenters. The van der Waals surface area contributed by atoms with E-state index in [1.54, 1.807) is 0 Å². The lowest BCUT2D eigenvalue weighted by atomic mass is 10.1. The van der Waals surface area contributed by atoms with Crippen molar-refractivity contribution in [2.75, 3.05) is 32.1 Å². The van der Waals surface area contributed by atoms with Gasteiger partial charge in [-0.3, -0.25) is 4.79 Å². The molecule has 1 amide bonds. The third kappa shape index (κ3) is 6.03. The van der Waals surface area contributed by atoms with Crippen LogP contribution < -0.4 is 15.5 Å². The van der Waals surface area contributed by atoms with Crippen molar-refractivity contribution in [1.82, 2.24) is 15.6 Å². The summed E-state index contributed by atoms with van der Waals surface area (Å²) >= 11 is 0. The number of carbonyl (C=O) groups excluding carboxylic acids is 1. The standard InChI is InChI=1S/C18H24N4O.2ClH/c1-22(2)17-9-14(15-5-3-4-6-16(15)21-17)11-20-18(23)12-19-10-13-7-8-13;;/h3-6,9,13,19H,7-8,10-12H2,1-2H3,(H,20,23);2*1H. The molecule has 2 N–H and O–H groups in total. The van der Waals surface area contributed by atoms with E-state index in [1.165, 1.54) is 12.8 Å². The Morgan fingerprint density at radius 3 is 2.64 bits per heavy atom. The first kappa shape index (κ1) is 21.5. The van der Waals surface area contributed by atoms with Crippen LogP contribution in [0.5, 0.6) is 0 Å². The fraction of sp³-hybridized carbons (Fsp3) is 0.444. The highest BCUT2D eigenvalue weighted by atomic mass is 35.5. The zero-order valence-corrected chi connectivity index (χ0v) is 16.3. The molecule has 1 aromatic heterocycles. The minimum atomic E-state index is 0. The van der Waals surface area contributed by atoms with Gasteiger partial charge in [-0.25, -0.2) is 4.98 Å². The molecule has 0 radical (unpaired) electrons. The number of carbonyl (C=O) groups is 1. The van der Waals surface area contributed by atoms with Gasteiger partial charge in [-0.2, -0.15) is 0 Å². The van der Waals surface area contributed by atoms with Gasteiger partial charge in [0.25, 0.3) is 0 Å². The highest BCUT2D eigenvalue weighted by molar-refractivity contribution is 5.86. The molecule has 25 heavy (non-hydrogen) atoms. The molecular weight excluding hydrogens is 359 g/mol. The molecule has 2 aromatic rings. The van der Waals surface area contributed by atoms with Gasteiger partial charge >= 0.3 is 0 Å². The summed E-state index contributed by atoms with van der Waals surface area (Å²) in [7, 11) is 3.95. The van der Waals surface area contributed by atoms with E-state index in [1.807, 2.05) is 43.3 Å². The Kier molecular flexibility index (Phi) is 8.42. The Morgan fingerprint density at radius 2 is 1.96 bits per heavy atom. The molecule has 7 heteroatoms. The van der Waals surface area contributed by atoms with Crippen molar-refractivity contribution in [3.63, 3.8) is 0 Å². The predicted octanol–water partition coefficient (Wildman–Crippen LogP) is 2.76. The van der Waals surface area contributed by atoms with Crippen LogP contribution in [0.2, 0.25) is 0 Å². The molecule has 1 aliphatic rings. The summed E-state index contributed by atoms with van der Waals surface area (Å²) in [5.74, 6) is 1.73. The fourth-order valence-corrected chi connectivity index (χ4v) is 2.58. The quantitative estimate of drug-likeness (QED) is 0.770. The lowest BCUT2D eigenvalue weighted by Gasteiger charge is -2.15. The molecule has 0 unspecified atom stereocenters. The lowest BCUT2D eigenvalue weighted by Crippen LogP contribution is -2.34. The summed E-state index contributed by atoms with van der Waals surface area (Å²) in [6.07, 6.45) is 2.59. The van der Waals surface area contributed by atoms with E-state index in [2.05, 4.69) is 21.7 Å². The van der Waals surface area contributed by atoms with E-state index in [-0.39, 0.29) is 30.7 Å². The molecule has 0 saturated heterocycles. The van der Waals surface area contributed by atoms with Crippen LogP contribution in [0.15, 0.2) is 30.3 Å². The maximum atomic E-state index is 12.0. The first-order valence-corrected chi connectivity index (χ1v) is 8.17. The number of pyridine rings is 1. The molecule has 1 heterocycles. The molecular formula is C18H26Cl2N4O. The molecule has 3 rings (SSSR count). The van der Waals surface area contributed by atoms with Gasteiger partial charge in [0.15, 0.2) is 0 Å². The molecule has 1 aromatic carbocycles. The number of anilines is 1. The zero-order chi connectivity index (χ0) is 16.2. The minimum Gasteiger partial charge on any atom is -0.363 e. The third-order valence-electron chi connectivity index (χ3n) is 4.14. The van der Waals surface area contributed by atoms with Gasteiger partial charge in [0.1, 0.15) is 5.82 Å². The summed E-state index contributed by atoms with van der Waals surface area (Å²) in [5.41, 5.74) is 2.05. The Bertz CT molecular complexity index is 705. The van der Waals surface area contributed by atoms with Crippen LogP contribution in [0.25, 0.3) is 10.9 Å². The van der Waals surface area contributed by atoms with Crippen LogP contribution in [0.3, 0.4) is 0 Å². The molecule has 0 spiro atoms. The highest BCUT2D eigenvalue weighted by Gasteiger charge is 2.20. The molecule has 1 fully saturated rings. The number of halogens is 2. The number of aromatic nitrogens is 1. The number of hydrogen-bond acceptors (Lipinski definition) is 4. The van der Waals surface area contributed by atoms with E-state index >= 15 is 0 Å². The Labute approximate surface area is 161 Å². The average molecular weight is 385 g/mol. The van der Waals surface area contributed by atoms with E-state index in [0.29, 0.717) is 13.1 Å². The van der Waals surface area contributed by atoms with Crippen molar-refractivity contribution >= 4 is 47.4 Å². The normalized spacial score (nSPS) is 12.9. The number of nitrogens with zero attached hydrogens (tertiary/aromatic N) is 2. The first-order valence-electron chi connectivity index (χ1n) is 8.17. The summed E-state index contributed by atoms with van der Waals surface area (Å²) in [5, 5.41) is 7.31. The first-order chi connectivity index (χ1) is 11.1. The molecule has 0 bridgehead atoms. The number of para-hydroxylation sites is 1. The SMILES string of the molecule is CN(C)c1cc(CNC(=O)CNCC2CC2)c2ccccc2n1.Cl.Cl. The lowest BCUT2D eigenvalue weighted by molar-refractivity contribution is -0.120. The summed E-state index contributed by atoms with van der Waals surface area (Å²) in [6.45, 7) is 1.87. The second-order valence-electron chi connectivity index (χ2n) is 6.40. The number of nitrogens with one attached hydrogen (secondary N) is 2. The minimum absolute atomic E-state index is 0. The van der Waals surface area contributed by atoms with Crippen LogP contribution in [0.4, 0.5) is 5.82 Å². The van der Waals surface area contributed by atoms with Gasteiger partial charge in [0.05, 0.1) is 12.1 Å². The number of rotatable bonds is 7. The molecule has 1 aliphatic carbocycles. The van der Waals surface area contributed by atoms with Gasteiger partial charge < -0.3 is 15.5 Å². The number of fused-ring (bicyclic) bond motifs is 1. The number of amides is 1. The van der Waals surface area contributed by atoms with Crippen molar-refractivity contribution < 1.29 is 4.79 Å². The smallest absolute Gasteiger partial charge is 0.234 e. The van der Waals surface area contributed by atoms with Crippen LogP contribution >= 0.6 is 24.8 Å². The highest BCUT2D eigenvalue weighted by Crippen LogP contribution is 2.27. The van der Waals surface area contributed by atoms with E-state index < -0.39 is 0 Å². The van der Waals surface area contributed by atoms with Crippen molar-refractivity contribution in [3.05, 3.63) is 35.9 Å². The van der Waals surface area contributed by atoms with E-state index in [4.69, 9.17) is 0 Å². The van der Waals surface area contributed by atoms with Crippen LogP contribution in [0.1, 0.15) is 18.4 Å². The predicted molar refractivity (Wildman–Crippen MR) is 108 cm³/mol. The van der Waals surface area contributed by atoms with Crippen LogP contribution in [-0.2, 0) is 11.3 Å². The Morgan fingerprint density at radius 1 is 1.24 bits per heavy atom. The van der Waals surface area contributed by atoms with Gasteiger partial charge in [-0.05, 0) is 43.0 Å². The third-order valence-corrected chi connectivity index (χ3v) is 4.14. The van der Waals surface area contributed by atoms with Gasteiger partial charge in [-0.15, -0.1) is 24.8 Å². The Balaban J connectivity index is 0.00000156. The molecule has 138 valence electrons. The van der Waals surface area contributed by atoms with Crippen LogP contribution in [-0.4, -0.2) is 38.1 Å². The largest absolute Gasteiger partial charge is 0.363 e. The molecule has 5 nitrogen and oxygen atoms in total. The van der Waals surface area contributed by atoms with Crippen molar-refractivity contribution in [2.45, 2.75) is 19.4 Å². The van der Waals surface area contributed by atoms with Gasteiger partial charge in [0, 0.05) is 26.0 Å². The average Bonchev–Trinajstić information content (AvgIpc) is 3.36. The zero-order valence-electron chi connectivity index (χ0n) is 14.6. The van der Waals surface area contributed by atoms with Crippen molar-refractivity contribution in [2.24, 2.45) is 5.92 Å². The number of benzene rings is 1. The molecule has 1 saturated carbocycles. The Hall–Kier alpha value is -1.56.